The maximum atomic E-state index is 10.8. The molecule has 0 spiro atoms. The van der Waals surface area contributed by atoms with Gasteiger partial charge in [0.1, 0.15) is 5.65 Å². The zero-order valence-corrected chi connectivity index (χ0v) is 5.77. The zero-order valence-electron chi connectivity index (χ0n) is 5.77. The normalized spacial score (nSPS) is 10.2. The molecule has 2 aromatic heterocycles. The third-order valence-corrected chi connectivity index (χ3v) is 1.47. The molecule has 0 bridgehead atoms. The van der Waals surface area contributed by atoms with E-state index < -0.39 is 0 Å². The van der Waals surface area contributed by atoms with E-state index in [4.69, 9.17) is 0 Å². The Hall–Kier alpha value is -1.64. The molecule has 0 saturated carbocycles. The summed E-state index contributed by atoms with van der Waals surface area (Å²) in [7, 11) is 0. The molecular weight excluding hydrogens is 140 g/mol. The summed E-state index contributed by atoms with van der Waals surface area (Å²) < 4.78 is 1.79. The van der Waals surface area contributed by atoms with E-state index in [9.17, 15) is 4.79 Å². The number of aromatic nitrogens is 2. The first-order valence-electron chi connectivity index (χ1n) is 3.30. The lowest BCUT2D eigenvalue weighted by Gasteiger charge is -1.95. The highest BCUT2D eigenvalue weighted by Crippen LogP contribution is 1.93. The van der Waals surface area contributed by atoms with Crippen LogP contribution in [0.3, 0.4) is 0 Å². The van der Waals surface area contributed by atoms with Crippen LogP contribution < -0.4 is 5.56 Å². The molecule has 2 aromatic rings. The minimum Gasteiger partial charge on any atom is -0.308 e. The minimum atomic E-state index is -0.198. The highest BCUT2D eigenvalue weighted by molar-refractivity contribution is 5.35. The fourth-order valence-corrected chi connectivity index (χ4v) is 0.962. The van der Waals surface area contributed by atoms with E-state index in [0.29, 0.717) is 5.65 Å². The number of hydrogen-bond donors (Lipinski definition) is 0. The Morgan fingerprint density at radius 3 is 3.00 bits per heavy atom. The molecule has 0 unspecified atom stereocenters. The van der Waals surface area contributed by atoms with Gasteiger partial charge in [-0.2, -0.15) is 4.98 Å². The Morgan fingerprint density at radius 1 is 1.18 bits per heavy atom. The largest absolute Gasteiger partial charge is 0.308 e. The lowest BCUT2D eigenvalue weighted by atomic mass is 10.4. The minimum absolute atomic E-state index is 0.198. The highest BCUT2D eigenvalue weighted by atomic mass is 16.1. The molecular formula is C8H6N2O. The highest BCUT2D eigenvalue weighted by Gasteiger charge is 1.89. The summed E-state index contributed by atoms with van der Waals surface area (Å²) in [6.45, 7) is 0. The van der Waals surface area contributed by atoms with Crippen molar-refractivity contribution >= 4 is 5.65 Å². The van der Waals surface area contributed by atoms with E-state index in [1.54, 1.807) is 16.7 Å². The topological polar surface area (TPSA) is 34.4 Å². The van der Waals surface area contributed by atoms with Crippen molar-refractivity contribution in [3.8, 4) is 0 Å². The van der Waals surface area contributed by atoms with Crippen molar-refractivity contribution < 1.29 is 0 Å². The van der Waals surface area contributed by atoms with Crippen LogP contribution in [0.2, 0.25) is 0 Å². The molecule has 54 valence electrons. The first-order valence-corrected chi connectivity index (χ1v) is 3.30. The van der Waals surface area contributed by atoms with Crippen molar-refractivity contribution in [1.82, 2.24) is 9.38 Å². The van der Waals surface area contributed by atoms with Crippen LogP contribution in [0, 0.1) is 0 Å². The molecule has 0 aliphatic rings. The van der Waals surface area contributed by atoms with Crippen molar-refractivity contribution in [1.29, 1.82) is 0 Å². The number of nitrogens with zero attached hydrogens (tertiary/aromatic N) is 2. The third kappa shape index (κ3) is 1.00. The van der Waals surface area contributed by atoms with Gasteiger partial charge >= 0.3 is 0 Å². The van der Waals surface area contributed by atoms with Crippen molar-refractivity contribution in [2.45, 2.75) is 0 Å². The van der Waals surface area contributed by atoms with Crippen molar-refractivity contribution in [3.05, 3.63) is 47.0 Å². The van der Waals surface area contributed by atoms with Crippen LogP contribution in [0.1, 0.15) is 0 Å². The van der Waals surface area contributed by atoms with Crippen LogP contribution in [0.15, 0.2) is 41.5 Å². The Balaban J connectivity index is 2.94. The van der Waals surface area contributed by atoms with E-state index in [1.807, 2.05) is 18.3 Å². The first kappa shape index (κ1) is 6.09. The zero-order chi connectivity index (χ0) is 7.68. The van der Waals surface area contributed by atoms with E-state index >= 15 is 0 Å². The fourth-order valence-electron chi connectivity index (χ4n) is 0.962. The van der Waals surface area contributed by atoms with Crippen molar-refractivity contribution in [2.24, 2.45) is 0 Å². The number of fused-ring (bicyclic) bond motifs is 1. The second kappa shape index (κ2) is 2.20. The molecule has 0 aliphatic heterocycles. The molecule has 2 heterocycles. The molecule has 0 aromatic carbocycles. The van der Waals surface area contributed by atoms with Crippen molar-refractivity contribution in [2.75, 3.05) is 0 Å². The van der Waals surface area contributed by atoms with Gasteiger partial charge in [0, 0.05) is 18.5 Å². The van der Waals surface area contributed by atoms with Gasteiger partial charge in [-0.1, -0.05) is 6.07 Å². The molecule has 0 amide bonds. The molecule has 3 nitrogen and oxygen atoms in total. The van der Waals surface area contributed by atoms with Gasteiger partial charge in [0.25, 0.3) is 5.56 Å². The van der Waals surface area contributed by atoms with Crippen molar-refractivity contribution in [3.63, 3.8) is 0 Å². The Kier molecular flexibility index (Phi) is 1.22. The summed E-state index contributed by atoms with van der Waals surface area (Å²) in [4.78, 5) is 14.5. The van der Waals surface area contributed by atoms with Crippen LogP contribution in [-0.2, 0) is 0 Å². The lowest BCUT2D eigenvalue weighted by Crippen LogP contribution is -2.05. The second-order valence-corrected chi connectivity index (χ2v) is 2.23. The quantitative estimate of drug-likeness (QED) is 0.548. The van der Waals surface area contributed by atoms with Gasteiger partial charge in [0.05, 0.1) is 0 Å². The van der Waals surface area contributed by atoms with Gasteiger partial charge in [-0.3, -0.25) is 4.79 Å². The average Bonchev–Trinajstić information content (AvgIpc) is 2.04. The number of rotatable bonds is 0. The maximum absolute atomic E-state index is 10.8. The predicted molar refractivity (Wildman–Crippen MR) is 41.5 cm³/mol. The van der Waals surface area contributed by atoms with Crippen LogP contribution in [0.25, 0.3) is 5.65 Å². The summed E-state index contributed by atoms with van der Waals surface area (Å²) in [5.41, 5.74) is 0.483. The van der Waals surface area contributed by atoms with E-state index in [0.717, 1.165) is 0 Å². The van der Waals surface area contributed by atoms with Crippen LogP contribution in [0.5, 0.6) is 0 Å². The van der Waals surface area contributed by atoms with Gasteiger partial charge < -0.3 is 4.40 Å². The number of pyridine rings is 1. The molecule has 2 rings (SSSR count). The molecule has 0 radical (unpaired) electrons. The van der Waals surface area contributed by atoms with Gasteiger partial charge in [-0.15, -0.1) is 0 Å². The molecule has 0 saturated heterocycles. The summed E-state index contributed by atoms with van der Waals surface area (Å²) in [5, 5.41) is 0. The predicted octanol–water partition coefficient (Wildman–Crippen LogP) is 0.695. The lowest BCUT2D eigenvalue weighted by molar-refractivity contribution is 1.07. The number of hydrogen-bond acceptors (Lipinski definition) is 2. The van der Waals surface area contributed by atoms with Gasteiger partial charge in [0.2, 0.25) is 0 Å². The Morgan fingerprint density at radius 2 is 2.09 bits per heavy atom. The summed E-state index contributed by atoms with van der Waals surface area (Å²) in [6, 6.07) is 6.97. The monoisotopic (exact) mass is 146 g/mol. The fraction of sp³-hybridized carbons (Fsp3) is 0. The smallest absolute Gasteiger partial charge is 0.273 e. The molecule has 0 aliphatic carbocycles. The molecule has 0 N–H and O–H groups in total. The van der Waals surface area contributed by atoms with Gasteiger partial charge in [-0.05, 0) is 12.1 Å². The third-order valence-electron chi connectivity index (χ3n) is 1.47. The molecule has 3 heteroatoms. The summed E-state index contributed by atoms with van der Waals surface area (Å²) in [5.74, 6) is 0. The van der Waals surface area contributed by atoms with Gasteiger partial charge in [-0.25, -0.2) is 0 Å². The van der Waals surface area contributed by atoms with E-state index in [2.05, 4.69) is 4.98 Å². The summed E-state index contributed by atoms with van der Waals surface area (Å²) >= 11 is 0. The van der Waals surface area contributed by atoms with Crippen LogP contribution in [0.4, 0.5) is 0 Å². The summed E-state index contributed by atoms with van der Waals surface area (Å²) in [6.07, 6.45) is 3.55. The maximum Gasteiger partial charge on any atom is 0.273 e. The van der Waals surface area contributed by atoms with E-state index in [1.165, 1.54) is 6.07 Å². The first-order chi connectivity index (χ1) is 5.36. The Bertz CT molecular complexity index is 433. The van der Waals surface area contributed by atoms with Gasteiger partial charge in [0.15, 0.2) is 0 Å². The Labute approximate surface area is 62.9 Å². The van der Waals surface area contributed by atoms with Crippen LogP contribution >= 0.6 is 0 Å². The average molecular weight is 146 g/mol. The van der Waals surface area contributed by atoms with E-state index in [-0.39, 0.29) is 5.56 Å². The standard InChI is InChI=1S/C8H6N2O/c11-8-4-6-10-5-2-1-3-7(10)9-8/h1-6H. The molecule has 0 fully saturated rings. The van der Waals surface area contributed by atoms with Crippen LogP contribution in [-0.4, -0.2) is 9.38 Å². The molecule has 0 atom stereocenters. The SMILES string of the molecule is O=c1ccn2ccccc2n1. The molecule has 11 heavy (non-hydrogen) atoms. The second-order valence-electron chi connectivity index (χ2n) is 2.23.